The van der Waals surface area contributed by atoms with Crippen LogP contribution < -0.4 is 5.73 Å². The van der Waals surface area contributed by atoms with Gasteiger partial charge in [0.25, 0.3) is 0 Å². The van der Waals surface area contributed by atoms with Crippen LogP contribution in [0.3, 0.4) is 0 Å². The quantitative estimate of drug-likeness (QED) is 0.718. The van der Waals surface area contributed by atoms with Gasteiger partial charge in [0.1, 0.15) is 0 Å². The second-order valence-corrected chi connectivity index (χ2v) is 5.50. The zero-order valence-corrected chi connectivity index (χ0v) is 10.9. The third kappa shape index (κ3) is 1.46. The summed E-state index contributed by atoms with van der Waals surface area (Å²) in [4.78, 5) is 0.918. The van der Waals surface area contributed by atoms with Gasteiger partial charge in [-0.25, -0.2) is 0 Å². The molecule has 4 nitrogen and oxygen atoms in total. The summed E-state index contributed by atoms with van der Waals surface area (Å²) in [6, 6.07) is 4.26. The third-order valence-electron chi connectivity index (χ3n) is 2.90. The predicted molar refractivity (Wildman–Crippen MR) is 70.4 cm³/mol. The van der Waals surface area contributed by atoms with E-state index in [0.29, 0.717) is 0 Å². The van der Waals surface area contributed by atoms with E-state index < -0.39 is 0 Å². The normalized spacial score (nSPS) is 13.6. The fourth-order valence-electron chi connectivity index (χ4n) is 2.24. The molecule has 1 aromatic carbocycles. The average Bonchev–Trinajstić information content (AvgIpc) is 2.73. The Morgan fingerprint density at radius 3 is 2.76 bits per heavy atom. The van der Waals surface area contributed by atoms with Gasteiger partial charge in [0.05, 0.1) is 16.3 Å². The summed E-state index contributed by atoms with van der Waals surface area (Å²) in [5, 5.41) is 8.37. The van der Waals surface area contributed by atoms with Gasteiger partial charge in [0.15, 0.2) is 5.82 Å². The Hall–Kier alpha value is -1.46. The number of aryl methyl sites for hydroxylation is 2. The standard InChI is InChI=1S/C12H14N4S/c1-6-4-7(2)10-9(5-6)17-12-15-14-11(8(3)13)16(10)12/h4-5,8H,13H2,1-3H3. The summed E-state index contributed by atoms with van der Waals surface area (Å²) in [5.74, 6) is 0.832. The van der Waals surface area contributed by atoms with Crippen molar-refractivity contribution in [1.29, 1.82) is 0 Å². The molecule has 0 radical (unpaired) electrons. The number of aromatic nitrogens is 3. The molecule has 2 aromatic heterocycles. The number of hydrogen-bond donors (Lipinski definition) is 1. The fourth-order valence-corrected chi connectivity index (χ4v) is 3.38. The van der Waals surface area contributed by atoms with Gasteiger partial charge in [-0.2, -0.15) is 0 Å². The van der Waals surface area contributed by atoms with Crippen LogP contribution in [-0.4, -0.2) is 14.6 Å². The molecule has 88 valence electrons. The first kappa shape index (κ1) is 10.7. The average molecular weight is 246 g/mol. The van der Waals surface area contributed by atoms with E-state index in [-0.39, 0.29) is 6.04 Å². The van der Waals surface area contributed by atoms with Gasteiger partial charge < -0.3 is 5.73 Å². The first-order valence-corrected chi connectivity index (χ1v) is 6.40. The van der Waals surface area contributed by atoms with Crippen molar-refractivity contribution in [3.63, 3.8) is 0 Å². The lowest BCUT2D eigenvalue weighted by Gasteiger charge is -2.04. The Labute approximate surface area is 103 Å². The number of hydrogen-bond acceptors (Lipinski definition) is 4. The van der Waals surface area contributed by atoms with E-state index in [9.17, 15) is 0 Å². The van der Waals surface area contributed by atoms with Crippen LogP contribution in [0.5, 0.6) is 0 Å². The molecule has 3 rings (SSSR count). The molecule has 0 aliphatic heterocycles. The molecule has 1 atom stereocenters. The lowest BCUT2D eigenvalue weighted by Crippen LogP contribution is -2.09. The highest BCUT2D eigenvalue weighted by molar-refractivity contribution is 7.23. The second kappa shape index (κ2) is 3.51. The third-order valence-corrected chi connectivity index (χ3v) is 3.88. The van der Waals surface area contributed by atoms with E-state index in [1.165, 1.54) is 21.3 Å². The van der Waals surface area contributed by atoms with Crippen LogP contribution in [0, 0.1) is 13.8 Å². The van der Waals surface area contributed by atoms with Crippen molar-refractivity contribution < 1.29 is 0 Å². The van der Waals surface area contributed by atoms with E-state index in [2.05, 4.69) is 40.6 Å². The maximum Gasteiger partial charge on any atom is 0.217 e. The van der Waals surface area contributed by atoms with Crippen molar-refractivity contribution in [2.24, 2.45) is 5.73 Å². The van der Waals surface area contributed by atoms with Crippen molar-refractivity contribution >= 4 is 26.5 Å². The number of rotatable bonds is 1. The van der Waals surface area contributed by atoms with E-state index in [1.807, 2.05) is 6.92 Å². The van der Waals surface area contributed by atoms with E-state index >= 15 is 0 Å². The van der Waals surface area contributed by atoms with Gasteiger partial charge >= 0.3 is 0 Å². The zero-order chi connectivity index (χ0) is 12.2. The molecule has 0 saturated heterocycles. The number of fused-ring (bicyclic) bond motifs is 3. The molecule has 3 aromatic rings. The van der Waals surface area contributed by atoms with Gasteiger partial charge in [0, 0.05) is 0 Å². The van der Waals surface area contributed by atoms with Crippen LogP contribution in [0.2, 0.25) is 0 Å². The predicted octanol–water partition coefficient (Wildman–Crippen LogP) is 2.58. The Morgan fingerprint density at radius 1 is 1.29 bits per heavy atom. The summed E-state index contributed by atoms with van der Waals surface area (Å²) in [6.07, 6.45) is 0. The Morgan fingerprint density at radius 2 is 2.06 bits per heavy atom. The Kier molecular flexibility index (Phi) is 2.21. The van der Waals surface area contributed by atoms with E-state index in [0.717, 1.165) is 10.8 Å². The lowest BCUT2D eigenvalue weighted by atomic mass is 10.1. The Balaban J connectivity index is 2.51. The zero-order valence-electron chi connectivity index (χ0n) is 10.1. The van der Waals surface area contributed by atoms with Gasteiger partial charge in [-0.1, -0.05) is 17.4 Å². The molecular formula is C12H14N4S. The summed E-state index contributed by atoms with van der Waals surface area (Å²) < 4.78 is 3.33. The van der Waals surface area contributed by atoms with Crippen molar-refractivity contribution in [3.8, 4) is 0 Å². The number of nitrogens with two attached hydrogens (primary N) is 1. The highest BCUT2D eigenvalue weighted by Crippen LogP contribution is 2.30. The van der Waals surface area contributed by atoms with E-state index in [1.54, 1.807) is 11.3 Å². The number of nitrogens with zero attached hydrogens (tertiary/aromatic N) is 3. The molecule has 0 saturated carbocycles. The van der Waals surface area contributed by atoms with Gasteiger partial charge in [-0.3, -0.25) is 4.40 Å². The van der Waals surface area contributed by atoms with Crippen LogP contribution >= 0.6 is 11.3 Å². The minimum Gasteiger partial charge on any atom is -0.322 e. The molecule has 1 unspecified atom stereocenters. The lowest BCUT2D eigenvalue weighted by molar-refractivity contribution is 0.732. The highest BCUT2D eigenvalue weighted by Gasteiger charge is 2.16. The summed E-state index contributed by atoms with van der Waals surface area (Å²) >= 11 is 1.66. The minimum atomic E-state index is -0.108. The van der Waals surface area contributed by atoms with Crippen LogP contribution in [-0.2, 0) is 0 Å². The largest absolute Gasteiger partial charge is 0.322 e. The SMILES string of the molecule is Cc1cc(C)c2c(c1)sc1nnc(C(C)N)n12. The molecule has 5 heteroatoms. The molecule has 17 heavy (non-hydrogen) atoms. The second-order valence-electron chi connectivity index (χ2n) is 4.50. The summed E-state index contributed by atoms with van der Waals surface area (Å²) in [7, 11) is 0. The summed E-state index contributed by atoms with van der Waals surface area (Å²) in [6.45, 7) is 6.16. The molecule has 0 aliphatic carbocycles. The van der Waals surface area contributed by atoms with Crippen molar-refractivity contribution in [3.05, 3.63) is 29.1 Å². The number of benzene rings is 1. The van der Waals surface area contributed by atoms with Crippen molar-refractivity contribution in [2.75, 3.05) is 0 Å². The summed E-state index contributed by atoms with van der Waals surface area (Å²) in [5.41, 5.74) is 9.64. The van der Waals surface area contributed by atoms with Gasteiger partial charge in [-0.15, -0.1) is 10.2 Å². The molecule has 2 N–H and O–H groups in total. The first-order valence-electron chi connectivity index (χ1n) is 5.58. The highest BCUT2D eigenvalue weighted by atomic mass is 32.1. The Bertz CT molecular complexity index is 708. The first-order chi connectivity index (χ1) is 8.08. The molecular weight excluding hydrogens is 232 g/mol. The monoisotopic (exact) mass is 246 g/mol. The number of thiazole rings is 1. The van der Waals surface area contributed by atoms with Crippen molar-refractivity contribution in [2.45, 2.75) is 26.8 Å². The van der Waals surface area contributed by atoms with Gasteiger partial charge in [0.2, 0.25) is 4.96 Å². The topological polar surface area (TPSA) is 56.2 Å². The maximum atomic E-state index is 5.94. The molecule has 0 amide bonds. The van der Waals surface area contributed by atoms with Crippen LogP contribution in [0.25, 0.3) is 15.2 Å². The molecule has 0 aliphatic rings. The smallest absolute Gasteiger partial charge is 0.217 e. The van der Waals surface area contributed by atoms with E-state index in [4.69, 9.17) is 5.73 Å². The maximum absolute atomic E-state index is 5.94. The molecule has 0 spiro atoms. The molecule has 0 fully saturated rings. The van der Waals surface area contributed by atoms with Gasteiger partial charge in [-0.05, 0) is 38.0 Å². The fraction of sp³-hybridized carbons (Fsp3) is 0.333. The molecule has 0 bridgehead atoms. The van der Waals surface area contributed by atoms with Crippen molar-refractivity contribution in [1.82, 2.24) is 14.6 Å². The van der Waals surface area contributed by atoms with Crippen LogP contribution in [0.1, 0.15) is 29.9 Å². The van der Waals surface area contributed by atoms with Crippen LogP contribution in [0.4, 0.5) is 0 Å². The minimum absolute atomic E-state index is 0.108. The van der Waals surface area contributed by atoms with Crippen LogP contribution in [0.15, 0.2) is 12.1 Å². The molecule has 2 heterocycles.